The minimum atomic E-state index is 0.783. The molecule has 0 aliphatic carbocycles. The number of hydrogen-bond donors (Lipinski definition) is 0. The van der Waals surface area contributed by atoms with E-state index in [4.69, 9.17) is 0 Å². The van der Waals surface area contributed by atoms with Crippen LogP contribution in [0.15, 0.2) is 0 Å². The number of alkyl halides is 1. The van der Waals surface area contributed by atoms with Crippen LogP contribution in [0.5, 0.6) is 0 Å². The van der Waals surface area contributed by atoms with E-state index in [-0.39, 0.29) is 0 Å². The Bertz CT molecular complexity index is 143. The summed E-state index contributed by atoms with van der Waals surface area (Å²) in [7, 11) is 0. The van der Waals surface area contributed by atoms with Crippen molar-refractivity contribution in [2.75, 3.05) is 29.9 Å². The van der Waals surface area contributed by atoms with E-state index in [2.05, 4.69) is 46.4 Å². The second kappa shape index (κ2) is 6.31. The predicted octanol–water partition coefficient (Wildman–Crippen LogP) is 2.84. The molecule has 1 rings (SSSR count). The third-order valence-electron chi connectivity index (χ3n) is 2.64. The SMILES string of the molecule is CC(CBr)CN1CCSCCC1C. The van der Waals surface area contributed by atoms with Gasteiger partial charge < -0.3 is 0 Å². The van der Waals surface area contributed by atoms with Gasteiger partial charge in [-0.3, -0.25) is 4.90 Å². The number of hydrogen-bond acceptors (Lipinski definition) is 2. The standard InChI is InChI=1S/C10H20BrNS/c1-9(7-11)8-12-4-6-13-5-3-10(12)2/h9-10H,3-8H2,1-2H3. The van der Waals surface area contributed by atoms with Crippen LogP contribution in [-0.4, -0.2) is 40.9 Å². The topological polar surface area (TPSA) is 3.24 Å². The summed E-state index contributed by atoms with van der Waals surface area (Å²) in [6.45, 7) is 7.22. The lowest BCUT2D eigenvalue weighted by atomic mass is 10.1. The van der Waals surface area contributed by atoms with E-state index in [9.17, 15) is 0 Å². The van der Waals surface area contributed by atoms with E-state index in [0.29, 0.717) is 0 Å². The first kappa shape index (κ1) is 11.9. The Morgan fingerprint density at radius 1 is 1.54 bits per heavy atom. The van der Waals surface area contributed by atoms with Crippen molar-refractivity contribution in [3.63, 3.8) is 0 Å². The Hall–Kier alpha value is 0.790. The second-order valence-corrected chi connectivity index (χ2v) is 5.88. The summed E-state index contributed by atoms with van der Waals surface area (Å²) in [6, 6.07) is 0.788. The summed E-state index contributed by atoms with van der Waals surface area (Å²) in [4.78, 5) is 2.64. The normalized spacial score (nSPS) is 28.4. The quantitative estimate of drug-likeness (QED) is 0.723. The van der Waals surface area contributed by atoms with Crippen molar-refractivity contribution in [1.82, 2.24) is 4.90 Å². The molecule has 0 amide bonds. The van der Waals surface area contributed by atoms with Crippen molar-refractivity contribution in [2.24, 2.45) is 5.92 Å². The molecule has 0 aromatic heterocycles. The third-order valence-corrected chi connectivity index (χ3v) is 4.74. The van der Waals surface area contributed by atoms with Gasteiger partial charge in [-0.1, -0.05) is 22.9 Å². The Kier molecular flexibility index (Phi) is 5.75. The molecule has 1 heterocycles. The van der Waals surface area contributed by atoms with Crippen LogP contribution in [0.25, 0.3) is 0 Å². The molecule has 1 aliphatic heterocycles. The lowest BCUT2D eigenvalue weighted by Crippen LogP contribution is -2.37. The molecule has 0 bridgehead atoms. The maximum Gasteiger partial charge on any atom is 0.00753 e. The fraction of sp³-hybridized carbons (Fsp3) is 1.00. The molecular weight excluding hydrogens is 246 g/mol. The van der Waals surface area contributed by atoms with E-state index in [0.717, 1.165) is 17.3 Å². The molecule has 0 aromatic rings. The third kappa shape index (κ3) is 4.22. The summed E-state index contributed by atoms with van der Waals surface area (Å²) in [6.07, 6.45) is 1.36. The van der Waals surface area contributed by atoms with Crippen molar-refractivity contribution in [3.8, 4) is 0 Å². The zero-order chi connectivity index (χ0) is 9.68. The Labute approximate surface area is 94.8 Å². The lowest BCUT2D eigenvalue weighted by molar-refractivity contribution is 0.199. The highest BCUT2D eigenvalue weighted by molar-refractivity contribution is 9.09. The van der Waals surface area contributed by atoms with Gasteiger partial charge in [-0.15, -0.1) is 0 Å². The fourth-order valence-electron chi connectivity index (χ4n) is 1.66. The zero-order valence-electron chi connectivity index (χ0n) is 8.63. The smallest absolute Gasteiger partial charge is 0.00753 e. The van der Waals surface area contributed by atoms with Gasteiger partial charge in [0.05, 0.1) is 0 Å². The summed E-state index contributed by atoms with van der Waals surface area (Å²) in [5, 5.41) is 1.13. The van der Waals surface area contributed by atoms with Gasteiger partial charge in [0.1, 0.15) is 0 Å². The maximum atomic E-state index is 3.55. The van der Waals surface area contributed by atoms with E-state index in [1.165, 1.54) is 31.0 Å². The van der Waals surface area contributed by atoms with Crippen molar-refractivity contribution in [1.29, 1.82) is 0 Å². The first-order chi connectivity index (χ1) is 6.24. The zero-order valence-corrected chi connectivity index (χ0v) is 11.0. The number of thioether (sulfide) groups is 1. The van der Waals surface area contributed by atoms with Gasteiger partial charge >= 0.3 is 0 Å². The number of nitrogens with zero attached hydrogens (tertiary/aromatic N) is 1. The van der Waals surface area contributed by atoms with Gasteiger partial charge in [-0.05, 0) is 25.0 Å². The molecule has 0 saturated carbocycles. The van der Waals surface area contributed by atoms with Crippen LogP contribution in [0.3, 0.4) is 0 Å². The molecule has 13 heavy (non-hydrogen) atoms. The summed E-state index contributed by atoms with van der Waals surface area (Å²) >= 11 is 5.65. The average molecular weight is 266 g/mol. The van der Waals surface area contributed by atoms with Gasteiger partial charge in [0.15, 0.2) is 0 Å². The maximum absolute atomic E-state index is 3.55. The van der Waals surface area contributed by atoms with Crippen LogP contribution in [0.1, 0.15) is 20.3 Å². The number of rotatable bonds is 3. The van der Waals surface area contributed by atoms with Gasteiger partial charge in [-0.25, -0.2) is 0 Å². The molecule has 0 aromatic carbocycles. The fourth-order valence-corrected chi connectivity index (χ4v) is 2.94. The molecular formula is C10H20BrNS. The van der Waals surface area contributed by atoms with Gasteiger partial charge in [0, 0.05) is 30.2 Å². The van der Waals surface area contributed by atoms with Crippen LogP contribution in [0, 0.1) is 5.92 Å². The van der Waals surface area contributed by atoms with Crippen molar-refractivity contribution < 1.29 is 0 Å². The second-order valence-electron chi connectivity index (χ2n) is 4.00. The molecule has 1 saturated heterocycles. The van der Waals surface area contributed by atoms with Crippen molar-refractivity contribution >= 4 is 27.7 Å². The van der Waals surface area contributed by atoms with Gasteiger partial charge in [0.25, 0.3) is 0 Å². The minimum absolute atomic E-state index is 0.783. The number of halogens is 1. The monoisotopic (exact) mass is 265 g/mol. The Balaban J connectivity index is 2.35. The summed E-state index contributed by atoms with van der Waals surface area (Å²) in [5.74, 6) is 3.45. The molecule has 1 aliphatic rings. The first-order valence-corrected chi connectivity index (χ1v) is 7.39. The molecule has 0 N–H and O–H groups in total. The highest BCUT2D eigenvalue weighted by Gasteiger charge is 2.18. The average Bonchev–Trinajstić information content (AvgIpc) is 2.32. The van der Waals surface area contributed by atoms with E-state index < -0.39 is 0 Å². The molecule has 2 unspecified atom stereocenters. The van der Waals surface area contributed by atoms with Crippen LogP contribution in [0.4, 0.5) is 0 Å². The molecule has 78 valence electrons. The minimum Gasteiger partial charge on any atom is -0.300 e. The molecule has 3 heteroatoms. The first-order valence-electron chi connectivity index (χ1n) is 5.11. The van der Waals surface area contributed by atoms with Crippen molar-refractivity contribution in [3.05, 3.63) is 0 Å². The highest BCUT2D eigenvalue weighted by Crippen LogP contribution is 2.17. The molecule has 0 radical (unpaired) electrons. The predicted molar refractivity (Wildman–Crippen MR) is 65.9 cm³/mol. The Morgan fingerprint density at radius 3 is 3.00 bits per heavy atom. The van der Waals surface area contributed by atoms with Crippen LogP contribution in [0.2, 0.25) is 0 Å². The van der Waals surface area contributed by atoms with Crippen LogP contribution < -0.4 is 0 Å². The Morgan fingerprint density at radius 2 is 2.31 bits per heavy atom. The largest absolute Gasteiger partial charge is 0.300 e. The van der Waals surface area contributed by atoms with Crippen molar-refractivity contribution in [2.45, 2.75) is 26.3 Å². The van der Waals surface area contributed by atoms with Gasteiger partial charge in [-0.2, -0.15) is 11.8 Å². The molecule has 0 spiro atoms. The van der Waals surface area contributed by atoms with E-state index in [1.807, 2.05) is 0 Å². The van der Waals surface area contributed by atoms with Crippen LogP contribution >= 0.6 is 27.7 Å². The van der Waals surface area contributed by atoms with E-state index in [1.54, 1.807) is 0 Å². The lowest BCUT2D eigenvalue weighted by Gasteiger charge is -2.28. The highest BCUT2D eigenvalue weighted by atomic mass is 79.9. The van der Waals surface area contributed by atoms with E-state index >= 15 is 0 Å². The summed E-state index contributed by atoms with van der Waals surface area (Å²) < 4.78 is 0. The summed E-state index contributed by atoms with van der Waals surface area (Å²) in [5.41, 5.74) is 0. The molecule has 2 atom stereocenters. The van der Waals surface area contributed by atoms with Crippen LogP contribution in [-0.2, 0) is 0 Å². The molecule has 1 nitrogen and oxygen atoms in total. The molecule has 1 fully saturated rings. The van der Waals surface area contributed by atoms with Gasteiger partial charge in [0.2, 0.25) is 0 Å².